The van der Waals surface area contributed by atoms with Crippen LogP contribution in [0, 0.1) is 0 Å². The molecular formula is C27H37NO3. The van der Waals surface area contributed by atoms with Crippen LogP contribution in [-0.2, 0) is 17.4 Å². The Bertz CT molecular complexity index is 973. The van der Waals surface area contributed by atoms with Gasteiger partial charge in [0.25, 0.3) is 0 Å². The fraction of sp³-hybridized carbons (Fsp3) is 0.444. The van der Waals surface area contributed by atoms with Gasteiger partial charge in [0.2, 0.25) is 0 Å². The molecule has 4 heteroatoms. The summed E-state index contributed by atoms with van der Waals surface area (Å²) in [6.07, 6.45) is 3.38. The Morgan fingerprint density at radius 1 is 1.03 bits per heavy atom. The Kier molecular flexibility index (Phi) is 7.38. The van der Waals surface area contributed by atoms with Crippen LogP contribution < -0.4 is 4.74 Å². The van der Waals surface area contributed by atoms with Gasteiger partial charge in [0.15, 0.2) is 5.78 Å². The molecule has 0 aliphatic rings. The van der Waals surface area contributed by atoms with Crippen molar-refractivity contribution in [1.29, 1.82) is 0 Å². The minimum absolute atomic E-state index is 0.0942. The number of hydrogen-bond acceptors (Lipinski definition) is 4. The molecule has 0 saturated heterocycles. The van der Waals surface area contributed by atoms with E-state index in [1.807, 2.05) is 37.2 Å². The third kappa shape index (κ3) is 6.20. The van der Waals surface area contributed by atoms with Gasteiger partial charge in [-0.15, -0.1) is 0 Å². The third-order valence-electron chi connectivity index (χ3n) is 5.25. The average molecular weight is 424 g/mol. The van der Waals surface area contributed by atoms with Crippen LogP contribution in [0.1, 0.15) is 74.2 Å². The van der Waals surface area contributed by atoms with Gasteiger partial charge in [-0.05, 0) is 60.3 Å². The van der Waals surface area contributed by atoms with E-state index < -0.39 is 0 Å². The van der Waals surface area contributed by atoms with Crippen LogP contribution in [-0.4, -0.2) is 37.0 Å². The zero-order valence-corrected chi connectivity index (χ0v) is 20.5. The Morgan fingerprint density at radius 3 is 2.19 bits per heavy atom. The van der Waals surface area contributed by atoms with E-state index in [9.17, 15) is 9.90 Å². The molecule has 0 bridgehead atoms. The second-order valence-electron chi connectivity index (χ2n) is 10.4. The molecule has 0 amide bonds. The fourth-order valence-corrected chi connectivity index (χ4v) is 3.46. The highest BCUT2D eigenvalue weighted by atomic mass is 16.5. The van der Waals surface area contributed by atoms with Crippen molar-refractivity contribution in [3.63, 3.8) is 0 Å². The van der Waals surface area contributed by atoms with Crippen LogP contribution in [0.4, 0.5) is 0 Å². The van der Waals surface area contributed by atoms with Crippen molar-refractivity contribution in [3.8, 4) is 11.5 Å². The highest BCUT2D eigenvalue weighted by Crippen LogP contribution is 2.38. The molecule has 2 aromatic carbocycles. The number of aromatic hydroxyl groups is 1. The van der Waals surface area contributed by atoms with Crippen molar-refractivity contribution in [1.82, 2.24) is 4.90 Å². The monoisotopic (exact) mass is 423 g/mol. The number of phenolic OH excluding ortho intramolecular Hbond substituents is 1. The van der Waals surface area contributed by atoms with Gasteiger partial charge in [-0.2, -0.15) is 0 Å². The summed E-state index contributed by atoms with van der Waals surface area (Å²) in [5.74, 6) is 0.788. The number of carbonyl (C=O) groups is 1. The number of nitrogens with zero attached hydrogens (tertiary/aromatic N) is 1. The second-order valence-corrected chi connectivity index (χ2v) is 10.4. The summed E-state index contributed by atoms with van der Waals surface area (Å²) in [5.41, 5.74) is 4.13. The lowest BCUT2D eigenvalue weighted by atomic mass is 9.78. The summed E-state index contributed by atoms with van der Waals surface area (Å²) in [4.78, 5) is 15.3. The van der Waals surface area contributed by atoms with Gasteiger partial charge in [0.1, 0.15) is 11.5 Å². The smallest absolute Gasteiger partial charge is 0.189 e. The van der Waals surface area contributed by atoms with Crippen molar-refractivity contribution in [2.75, 3.05) is 21.2 Å². The van der Waals surface area contributed by atoms with E-state index in [2.05, 4.69) is 47.6 Å². The largest absolute Gasteiger partial charge is 0.508 e. The maximum Gasteiger partial charge on any atom is 0.189 e. The molecule has 31 heavy (non-hydrogen) atoms. The average Bonchev–Trinajstić information content (AvgIpc) is 2.65. The molecule has 1 N–H and O–H groups in total. The molecule has 0 aliphatic carbocycles. The van der Waals surface area contributed by atoms with Gasteiger partial charge >= 0.3 is 0 Å². The van der Waals surface area contributed by atoms with Gasteiger partial charge in [-0.1, -0.05) is 59.8 Å². The molecule has 2 rings (SSSR count). The summed E-state index contributed by atoms with van der Waals surface area (Å²) in [7, 11) is 5.52. The zero-order chi connectivity index (χ0) is 23.6. The lowest BCUT2D eigenvalue weighted by molar-refractivity contribution is 0.104. The predicted molar refractivity (Wildman–Crippen MR) is 129 cm³/mol. The summed E-state index contributed by atoms with van der Waals surface area (Å²) < 4.78 is 5.73. The van der Waals surface area contributed by atoms with E-state index in [4.69, 9.17) is 4.74 Å². The molecular weight excluding hydrogens is 386 g/mol. The number of methoxy groups -OCH3 is 1. The normalized spacial score (nSPS) is 12.6. The van der Waals surface area contributed by atoms with Crippen LogP contribution in [0.3, 0.4) is 0 Å². The standard InChI is InChI=1S/C27H37NO3/c1-26(2,3)20-15-21(25(31-9)22(16-20)27(4,5)6)24(30)13-11-18-10-12-23(29)19(14-18)17-28(7)8/h10-16,29H,17H2,1-9H3/b13-11+. The van der Waals surface area contributed by atoms with E-state index in [1.54, 1.807) is 25.3 Å². The van der Waals surface area contributed by atoms with E-state index in [-0.39, 0.29) is 22.4 Å². The maximum atomic E-state index is 13.3. The van der Waals surface area contributed by atoms with Crippen molar-refractivity contribution < 1.29 is 14.6 Å². The van der Waals surface area contributed by atoms with Gasteiger partial charge < -0.3 is 14.7 Å². The summed E-state index contributed by atoms with van der Waals surface area (Å²) in [5, 5.41) is 10.1. The minimum Gasteiger partial charge on any atom is -0.508 e. The number of carbonyl (C=O) groups excluding carboxylic acids is 1. The molecule has 168 valence electrons. The van der Waals surface area contributed by atoms with E-state index in [0.717, 1.165) is 22.3 Å². The summed E-state index contributed by atoms with van der Waals surface area (Å²) >= 11 is 0. The van der Waals surface area contributed by atoms with Crippen molar-refractivity contribution in [2.45, 2.75) is 58.9 Å². The molecule has 0 spiro atoms. The molecule has 2 aromatic rings. The predicted octanol–water partition coefficient (Wildman–Crippen LogP) is 5.95. The molecule has 4 nitrogen and oxygen atoms in total. The van der Waals surface area contributed by atoms with Crippen LogP contribution >= 0.6 is 0 Å². The van der Waals surface area contributed by atoms with Crippen LogP contribution in [0.5, 0.6) is 11.5 Å². The number of ether oxygens (including phenoxy) is 1. The first-order valence-corrected chi connectivity index (χ1v) is 10.7. The molecule has 0 atom stereocenters. The SMILES string of the molecule is COc1c(C(=O)/C=C/c2ccc(O)c(CN(C)C)c2)cc(C(C)(C)C)cc1C(C)(C)C. The Hall–Kier alpha value is -2.59. The summed E-state index contributed by atoms with van der Waals surface area (Å²) in [6.45, 7) is 13.5. The topological polar surface area (TPSA) is 49.8 Å². The number of ketones is 1. The maximum absolute atomic E-state index is 13.3. The number of benzene rings is 2. The van der Waals surface area contributed by atoms with Crippen LogP contribution in [0.25, 0.3) is 6.08 Å². The molecule has 0 saturated carbocycles. The molecule has 0 aliphatic heterocycles. The van der Waals surface area contributed by atoms with Crippen molar-refractivity contribution >= 4 is 11.9 Å². The molecule has 0 aromatic heterocycles. The van der Waals surface area contributed by atoms with Gasteiger partial charge in [0, 0.05) is 17.7 Å². The van der Waals surface area contributed by atoms with Crippen LogP contribution in [0.15, 0.2) is 36.4 Å². The number of rotatable bonds is 6. The van der Waals surface area contributed by atoms with Crippen molar-refractivity contribution in [3.05, 3.63) is 64.2 Å². The van der Waals surface area contributed by atoms with E-state index in [0.29, 0.717) is 17.9 Å². The lowest BCUT2D eigenvalue weighted by Gasteiger charge is -2.28. The quantitative estimate of drug-likeness (QED) is 0.460. The second kappa shape index (κ2) is 9.27. The van der Waals surface area contributed by atoms with Gasteiger partial charge in [-0.25, -0.2) is 0 Å². The van der Waals surface area contributed by atoms with Gasteiger partial charge in [-0.3, -0.25) is 4.79 Å². The highest BCUT2D eigenvalue weighted by molar-refractivity contribution is 6.09. The molecule has 0 heterocycles. The first kappa shape index (κ1) is 24.7. The Morgan fingerprint density at radius 2 is 1.68 bits per heavy atom. The molecule has 0 fully saturated rings. The van der Waals surface area contributed by atoms with E-state index >= 15 is 0 Å². The molecule has 0 unspecified atom stereocenters. The highest BCUT2D eigenvalue weighted by Gasteiger charge is 2.27. The van der Waals surface area contributed by atoms with Crippen LogP contribution in [0.2, 0.25) is 0 Å². The number of phenols is 1. The third-order valence-corrected chi connectivity index (χ3v) is 5.25. The van der Waals surface area contributed by atoms with E-state index in [1.165, 1.54) is 0 Å². The molecule has 0 radical (unpaired) electrons. The number of allylic oxidation sites excluding steroid dienone is 1. The number of hydrogen-bond donors (Lipinski definition) is 1. The van der Waals surface area contributed by atoms with Crippen molar-refractivity contribution in [2.24, 2.45) is 0 Å². The zero-order valence-electron chi connectivity index (χ0n) is 20.5. The van der Waals surface area contributed by atoms with Gasteiger partial charge in [0.05, 0.1) is 12.7 Å². The lowest BCUT2D eigenvalue weighted by Crippen LogP contribution is -2.19. The first-order valence-electron chi connectivity index (χ1n) is 10.7. The Balaban J connectivity index is 2.52. The first-order chi connectivity index (χ1) is 14.2. The Labute approximate surface area is 187 Å². The fourth-order valence-electron chi connectivity index (χ4n) is 3.46. The summed E-state index contributed by atoms with van der Waals surface area (Å²) in [6, 6.07) is 9.49. The minimum atomic E-state index is -0.163.